The zero-order valence-electron chi connectivity index (χ0n) is 14.3. The van der Waals surface area contributed by atoms with Crippen molar-refractivity contribution in [3.8, 4) is 11.4 Å². The lowest BCUT2D eigenvalue weighted by molar-refractivity contribution is 0.0601. The minimum absolute atomic E-state index is 0.286. The maximum absolute atomic E-state index is 11.7. The Kier molecular flexibility index (Phi) is 5.39. The maximum Gasteiger partial charge on any atom is 0.339 e. The molecule has 0 radical (unpaired) electrons. The van der Waals surface area contributed by atoms with Crippen molar-refractivity contribution in [2.45, 2.75) is 0 Å². The molecule has 132 valence electrons. The summed E-state index contributed by atoms with van der Waals surface area (Å²) in [6.45, 7) is 0. The zero-order chi connectivity index (χ0) is 18.5. The minimum atomic E-state index is -0.492. The first kappa shape index (κ1) is 17.8. The van der Waals surface area contributed by atoms with E-state index in [0.717, 1.165) is 17.1 Å². The summed E-state index contributed by atoms with van der Waals surface area (Å²) in [4.78, 5) is 16.2. The Hall–Kier alpha value is -3.05. The Labute approximate surface area is 156 Å². The van der Waals surface area contributed by atoms with Gasteiger partial charge in [0.2, 0.25) is 0 Å². The summed E-state index contributed by atoms with van der Waals surface area (Å²) in [6, 6.07) is 16.6. The van der Waals surface area contributed by atoms with Gasteiger partial charge in [0.1, 0.15) is 5.75 Å². The molecule has 26 heavy (non-hydrogen) atoms. The van der Waals surface area contributed by atoms with Crippen LogP contribution < -0.4 is 4.74 Å². The van der Waals surface area contributed by atoms with Gasteiger partial charge in [-0.3, -0.25) is 4.99 Å². The molecular weight excluding hydrogens is 352 g/mol. The lowest BCUT2D eigenvalue weighted by Crippen LogP contribution is -2.01. The average molecular weight is 369 g/mol. The number of benzene rings is 2. The van der Waals surface area contributed by atoms with Crippen LogP contribution in [0, 0.1) is 0 Å². The number of rotatable bonds is 5. The molecule has 0 aliphatic rings. The highest BCUT2D eigenvalue weighted by molar-refractivity contribution is 6.33. The molecule has 5 nitrogen and oxygen atoms in total. The number of ether oxygens (including phenoxy) is 2. The van der Waals surface area contributed by atoms with Crippen LogP contribution in [-0.2, 0) is 4.74 Å². The molecule has 0 N–H and O–H groups in total. The molecule has 6 heteroatoms. The van der Waals surface area contributed by atoms with Crippen molar-refractivity contribution in [3.05, 3.63) is 77.1 Å². The van der Waals surface area contributed by atoms with Crippen molar-refractivity contribution in [1.29, 1.82) is 0 Å². The molecule has 0 spiro atoms. The molecule has 0 fully saturated rings. The van der Waals surface area contributed by atoms with Crippen molar-refractivity contribution in [2.75, 3.05) is 14.2 Å². The molecule has 1 aromatic heterocycles. The van der Waals surface area contributed by atoms with Gasteiger partial charge in [0.05, 0.1) is 42.4 Å². The van der Waals surface area contributed by atoms with Gasteiger partial charge < -0.3 is 14.0 Å². The summed E-state index contributed by atoms with van der Waals surface area (Å²) in [6.07, 6.45) is 3.68. The summed E-state index contributed by atoms with van der Waals surface area (Å²) in [7, 11) is 2.95. The summed E-state index contributed by atoms with van der Waals surface area (Å²) in [5, 5.41) is 0.331. The molecule has 1 heterocycles. The van der Waals surface area contributed by atoms with Crippen LogP contribution in [0.15, 0.2) is 65.8 Å². The third-order valence-corrected chi connectivity index (χ3v) is 4.16. The monoisotopic (exact) mass is 368 g/mol. The zero-order valence-corrected chi connectivity index (χ0v) is 15.1. The molecular formula is C20H17ClN2O3. The van der Waals surface area contributed by atoms with Crippen molar-refractivity contribution >= 4 is 29.5 Å². The van der Waals surface area contributed by atoms with Crippen LogP contribution >= 0.6 is 11.6 Å². The number of carbonyl (C=O) groups is 1. The Morgan fingerprint density at radius 1 is 1.12 bits per heavy atom. The third-order valence-electron chi connectivity index (χ3n) is 3.83. The summed E-state index contributed by atoms with van der Waals surface area (Å²) < 4.78 is 11.9. The first-order chi connectivity index (χ1) is 12.6. The molecule has 0 amide bonds. The van der Waals surface area contributed by atoms with Gasteiger partial charge in [-0.15, -0.1) is 0 Å². The number of aromatic nitrogens is 1. The lowest BCUT2D eigenvalue weighted by Gasteiger charge is -2.07. The number of halogens is 1. The standard InChI is InChI=1S/C20H17ClN2O3/c1-25-17-8-6-15(7-9-17)23-11-3-4-16(23)13-22-14-5-10-19(21)18(12-14)20(24)26-2/h3-13H,1-2H3. The molecule has 0 aliphatic carbocycles. The Morgan fingerprint density at radius 2 is 1.88 bits per heavy atom. The summed E-state index contributed by atoms with van der Waals surface area (Å²) in [5.41, 5.74) is 2.78. The highest BCUT2D eigenvalue weighted by Crippen LogP contribution is 2.23. The Balaban J connectivity index is 1.88. The molecule has 3 aromatic rings. The number of methoxy groups -OCH3 is 2. The van der Waals surface area contributed by atoms with Gasteiger partial charge in [-0.25, -0.2) is 4.79 Å². The van der Waals surface area contributed by atoms with E-state index in [1.807, 2.05) is 47.2 Å². The van der Waals surface area contributed by atoms with Crippen molar-refractivity contribution in [3.63, 3.8) is 0 Å². The number of carbonyl (C=O) groups excluding carboxylic acids is 1. The highest BCUT2D eigenvalue weighted by atomic mass is 35.5. The number of hydrogen-bond acceptors (Lipinski definition) is 4. The van der Waals surface area contributed by atoms with E-state index in [4.69, 9.17) is 21.1 Å². The molecule has 0 saturated heterocycles. The fourth-order valence-electron chi connectivity index (χ4n) is 2.48. The van der Waals surface area contributed by atoms with E-state index >= 15 is 0 Å². The maximum atomic E-state index is 11.7. The second kappa shape index (κ2) is 7.89. The number of hydrogen-bond donors (Lipinski definition) is 0. The number of aliphatic imine (C=N–C) groups is 1. The van der Waals surface area contributed by atoms with E-state index in [1.165, 1.54) is 7.11 Å². The Morgan fingerprint density at radius 3 is 2.58 bits per heavy atom. The van der Waals surface area contributed by atoms with E-state index in [-0.39, 0.29) is 5.56 Å². The molecule has 0 aliphatic heterocycles. The van der Waals surface area contributed by atoms with Crippen LogP contribution in [0.1, 0.15) is 16.1 Å². The van der Waals surface area contributed by atoms with Crippen LogP contribution in [0.25, 0.3) is 5.69 Å². The normalized spacial score (nSPS) is 10.9. The van der Waals surface area contributed by atoms with Gasteiger partial charge >= 0.3 is 5.97 Å². The largest absolute Gasteiger partial charge is 0.497 e. The van der Waals surface area contributed by atoms with E-state index in [9.17, 15) is 4.79 Å². The molecule has 0 saturated carbocycles. The predicted molar refractivity (Wildman–Crippen MR) is 102 cm³/mol. The highest BCUT2D eigenvalue weighted by Gasteiger charge is 2.11. The SMILES string of the molecule is COC(=O)c1cc(N=Cc2cccn2-c2ccc(OC)cc2)ccc1Cl. The lowest BCUT2D eigenvalue weighted by atomic mass is 10.2. The molecule has 0 atom stereocenters. The van der Waals surface area contributed by atoms with E-state index in [1.54, 1.807) is 31.5 Å². The average Bonchev–Trinajstić information content (AvgIpc) is 3.15. The van der Waals surface area contributed by atoms with Gasteiger partial charge in [-0.1, -0.05) is 11.6 Å². The number of nitrogens with zero attached hydrogens (tertiary/aromatic N) is 2. The van der Waals surface area contributed by atoms with Crippen molar-refractivity contribution in [2.24, 2.45) is 4.99 Å². The van der Waals surface area contributed by atoms with Crippen LogP contribution in [-0.4, -0.2) is 31.0 Å². The van der Waals surface area contributed by atoms with Crippen LogP contribution in [0.4, 0.5) is 5.69 Å². The van der Waals surface area contributed by atoms with Crippen molar-refractivity contribution in [1.82, 2.24) is 4.57 Å². The van der Waals surface area contributed by atoms with E-state index in [0.29, 0.717) is 10.7 Å². The molecule has 2 aromatic carbocycles. The second-order valence-corrected chi connectivity index (χ2v) is 5.82. The van der Waals surface area contributed by atoms with Gasteiger partial charge in [-0.05, 0) is 54.6 Å². The van der Waals surface area contributed by atoms with Crippen LogP contribution in [0.2, 0.25) is 5.02 Å². The molecule has 3 rings (SSSR count). The van der Waals surface area contributed by atoms with Crippen molar-refractivity contribution < 1.29 is 14.3 Å². The van der Waals surface area contributed by atoms with Gasteiger partial charge in [-0.2, -0.15) is 0 Å². The van der Waals surface area contributed by atoms with Crippen LogP contribution in [0.5, 0.6) is 5.75 Å². The fraction of sp³-hybridized carbons (Fsp3) is 0.100. The minimum Gasteiger partial charge on any atom is -0.497 e. The predicted octanol–water partition coefficient (Wildman–Crippen LogP) is 4.68. The van der Waals surface area contributed by atoms with E-state index < -0.39 is 5.97 Å². The first-order valence-electron chi connectivity index (χ1n) is 7.86. The van der Waals surface area contributed by atoms with Gasteiger partial charge in [0.15, 0.2) is 0 Å². The summed E-state index contributed by atoms with van der Waals surface area (Å²) in [5.74, 6) is 0.307. The van der Waals surface area contributed by atoms with Gasteiger partial charge in [0.25, 0.3) is 0 Å². The van der Waals surface area contributed by atoms with Crippen LogP contribution in [0.3, 0.4) is 0 Å². The topological polar surface area (TPSA) is 52.8 Å². The van der Waals surface area contributed by atoms with E-state index in [2.05, 4.69) is 4.99 Å². The molecule has 0 unspecified atom stereocenters. The fourth-order valence-corrected chi connectivity index (χ4v) is 2.67. The smallest absolute Gasteiger partial charge is 0.339 e. The second-order valence-electron chi connectivity index (χ2n) is 5.42. The quantitative estimate of drug-likeness (QED) is 0.485. The molecule has 0 bridgehead atoms. The summed E-state index contributed by atoms with van der Waals surface area (Å²) >= 11 is 6.03. The van der Waals surface area contributed by atoms with Gasteiger partial charge in [0, 0.05) is 11.9 Å². The Bertz CT molecular complexity index is 946. The number of esters is 1. The first-order valence-corrected chi connectivity index (χ1v) is 8.24. The third kappa shape index (κ3) is 3.78.